The van der Waals surface area contributed by atoms with E-state index in [-0.39, 0.29) is 32.1 Å². The number of aryl methyl sites for hydroxylation is 1. The number of halogens is 1. The first-order valence-electron chi connectivity index (χ1n) is 13.8. The van der Waals surface area contributed by atoms with E-state index in [9.17, 15) is 9.90 Å². The molecule has 1 aliphatic heterocycles. The quantitative estimate of drug-likeness (QED) is 0.0589. The Morgan fingerprint density at radius 1 is 1.07 bits per heavy atom. The van der Waals surface area contributed by atoms with Crippen molar-refractivity contribution in [3.63, 3.8) is 0 Å². The number of hydrogen-bond donors (Lipinski definition) is 2. The molecular formula is C30H34BBrN4O4. The molecule has 3 N–H and O–H groups in total. The highest BCUT2D eigenvalue weighted by Crippen LogP contribution is 2.36. The van der Waals surface area contributed by atoms with E-state index in [2.05, 4.69) is 70.7 Å². The predicted molar refractivity (Wildman–Crippen MR) is 161 cm³/mol. The van der Waals surface area contributed by atoms with Gasteiger partial charge in [0, 0.05) is 54.3 Å². The summed E-state index contributed by atoms with van der Waals surface area (Å²) in [6.07, 6.45) is 3.60. The second-order valence-electron chi connectivity index (χ2n) is 10.7. The van der Waals surface area contributed by atoms with Gasteiger partial charge in [0.05, 0.1) is 19.1 Å². The first kappa shape index (κ1) is 28.7. The fourth-order valence-corrected chi connectivity index (χ4v) is 6.06. The first-order chi connectivity index (χ1) is 19.4. The SMILES string of the molecule is N#CCCOB(OCC1(CO)CCN(C(=O)CCCc2ccc3ccc4cccc5ccc2c3c45)CC1)N(N)Br. The number of benzene rings is 4. The number of hydrogen-bond acceptors (Lipinski definition) is 7. The maximum atomic E-state index is 13.1. The Bertz CT molecular complexity index is 1490. The summed E-state index contributed by atoms with van der Waals surface area (Å²) in [5.41, 5.74) is 0.805. The number of amides is 1. The highest BCUT2D eigenvalue weighted by Gasteiger charge is 2.38. The van der Waals surface area contributed by atoms with E-state index in [1.54, 1.807) is 0 Å². The number of aliphatic hydroxyl groups is 1. The molecule has 5 rings (SSSR count). The van der Waals surface area contributed by atoms with Crippen molar-refractivity contribution >= 4 is 61.6 Å². The van der Waals surface area contributed by atoms with E-state index in [0.29, 0.717) is 32.4 Å². The number of nitrogens with zero attached hydrogens (tertiary/aromatic N) is 3. The molecule has 40 heavy (non-hydrogen) atoms. The molecule has 1 saturated heterocycles. The Hall–Kier alpha value is -2.78. The number of hydrazine groups is 1. The minimum absolute atomic E-state index is 0.0541. The molecule has 10 heteroatoms. The van der Waals surface area contributed by atoms with Gasteiger partial charge in [0.1, 0.15) is 0 Å². The van der Waals surface area contributed by atoms with Crippen LogP contribution in [0.3, 0.4) is 0 Å². The molecule has 208 valence electrons. The zero-order valence-electron chi connectivity index (χ0n) is 22.5. The van der Waals surface area contributed by atoms with Gasteiger partial charge in [0.2, 0.25) is 5.91 Å². The van der Waals surface area contributed by atoms with Crippen LogP contribution in [0.4, 0.5) is 0 Å². The average molecular weight is 605 g/mol. The molecule has 0 atom stereocenters. The van der Waals surface area contributed by atoms with E-state index in [0.717, 1.165) is 16.8 Å². The number of carbonyl (C=O) groups is 1. The second-order valence-corrected chi connectivity index (χ2v) is 11.5. The van der Waals surface area contributed by atoms with Crippen LogP contribution in [-0.2, 0) is 20.5 Å². The third-order valence-corrected chi connectivity index (χ3v) is 8.51. The molecule has 0 aromatic heterocycles. The molecule has 4 aromatic rings. The molecule has 0 aliphatic carbocycles. The van der Waals surface area contributed by atoms with Crippen molar-refractivity contribution < 1.29 is 19.2 Å². The largest absolute Gasteiger partial charge is 0.582 e. The maximum Gasteiger partial charge on any atom is 0.582 e. The van der Waals surface area contributed by atoms with E-state index in [4.69, 9.17) is 20.4 Å². The summed E-state index contributed by atoms with van der Waals surface area (Å²) in [5, 5.41) is 26.5. The number of rotatable bonds is 12. The summed E-state index contributed by atoms with van der Waals surface area (Å²) in [7, 11) is -0.879. The van der Waals surface area contributed by atoms with Crippen molar-refractivity contribution in [1.82, 2.24) is 8.85 Å². The zero-order chi connectivity index (χ0) is 28.1. The fourth-order valence-electron chi connectivity index (χ4n) is 5.82. The van der Waals surface area contributed by atoms with E-state index in [1.165, 1.54) is 37.9 Å². The number of nitrogens with two attached hydrogens (primary N) is 1. The minimum Gasteiger partial charge on any atom is -0.396 e. The van der Waals surface area contributed by atoms with Gasteiger partial charge < -0.3 is 19.3 Å². The van der Waals surface area contributed by atoms with E-state index < -0.39 is 12.7 Å². The maximum absolute atomic E-state index is 13.1. The Morgan fingerprint density at radius 2 is 1.75 bits per heavy atom. The summed E-state index contributed by atoms with van der Waals surface area (Å²) in [6.45, 7) is 1.51. The van der Waals surface area contributed by atoms with Crippen molar-refractivity contribution in [3.8, 4) is 6.07 Å². The van der Waals surface area contributed by atoms with Gasteiger partial charge >= 0.3 is 7.25 Å². The van der Waals surface area contributed by atoms with Crippen molar-refractivity contribution in [2.45, 2.75) is 38.5 Å². The molecule has 1 aliphatic rings. The van der Waals surface area contributed by atoms with Gasteiger partial charge in [-0.25, -0.2) is 0 Å². The molecule has 0 unspecified atom stereocenters. The average Bonchev–Trinajstić information content (AvgIpc) is 2.98. The summed E-state index contributed by atoms with van der Waals surface area (Å²) in [5.74, 6) is 5.89. The summed E-state index contributed by atoms with van der Waals surface area (Å²) in [4.78, 5) is 15.0. The van der Waals surface area contributed by atoms with Crippen molar-refractivity contribution in [2.24, 2.45) is 11.3 Å². The van der Waals surface area contributed by atoms with Crippen LogP contribution in [0.5, 0.6) is 0 Å². The topological polar surface area (TPSA) is 112 Å². The Kier molecular flexibility index (Phi) is 9.21. The van der Waals surface area contributed by atoms with E-state index in [1.807, 2.05) is 11.0 Å². The smallest absolute Gasteiger partial charge is 0.396 e. The molecule has 0 spiro atoms. The van der Waals surface area contributed by atoms with Crippen LogP contribution >= 0.6 is 16.1 Å². The third kappa shape index (κ3) is 6.10. The lowest BCUT2D eigenvalue weighted by Crippen LogP contribution is -2.50. The van der Waals surface area contributed by atoms with Crippen LogP contribution in [0.25, 0.3) is 32.3 Å². The number of likely N-dealkylation sites (tertiary alicyclic amines) is 1. The van der Waals surface area contributed by atoms with Crippen LogP contribution in [0, 0.1) is 16.7 Å². The number of aliphatic hydroxyl groups excluding tert-OH is 1. The van der Waals surface area contributed by atoms with Gasteiger partial charge in [-0.15, -0.1) is 0 Å². The Morgan fingerprint density at radius 3 is 2.42 bits per heavy atom. The Labute approximate surface area is 243 Å². The van der Waals surface area contributed by atoms with Crippen molar-refractivity contribution in [2.75, 3.05) is 32.9 Å². The molecule has 1 heterocycles. The standard InChI is InChI=1S/C30H34BBrN4O4/c32-36(34)31(39-19-3-16-33)40-21-30(20-37)14-17-35(18-15-30)27(38)7-2-4-22-8-9-25-11-10-23-5-1-6-24-12-13-26(22)29(25)28(23)24/h1,5-6,8-13,37H,2-4,7,14-15,17-21,34H2. The lowest BCUT2D eigenvalue weighted by molar-refractivity contribution is -0.134. The normalized spacial score (nSPS) is 15.3. The van der Waals surface area contributed by atoms with Crippen LogP contribution in [0.15, 0.2) is 54.6 Å². The summed E-state index contributed by atoms with van der Waals surface area (Å²) in [6, 6.07) is 21.7. The summed E-state index contributed by atoms with van der Waals surface area (Å²) >= 11 is 3.12. The highest BCUT2D eigenvalue weighted by atomic mass is 79.9. The minimum atomic E-state index is -0.879. The van der Waals surface area contributed by atoms with Crippen LogP contribution in [-0.4, -0.2) is 60.0 Å². The number of carbonyl (C=O) groups excluding carboxylic acids is 1. The predicted octanol–water partition coefficient (Wildman–Crippen LogP) is 4.93. The van der Waals surface area contributed by atoms with Gasteiger partial charge in [-0.3, -0.25) is 10.6 Å². The lowest BCUT2D eigenvalue weighted by Gasteiger charge is -2.41. The van der Waals surface area contributed by atoms with Crippen molar-refractivity contribution in [3.05, 3.63) is 60.2 Å². The second kappa shape index (κ2) is 12.8. The number of nitriles is 1. The molecule has 1 fully saturated rings. The van der Waals surface area contributed by atoms with Gasteiger partial charge in [-0.05, 0) is 63.6 Å². The zero-order valence-corrected chi connectivity index (χ0v) is 24.1. The highest BCUT2D eigenvalue weighted by molar-refractivity contribution is 9.08. The van der Waals surface area contributed by atoms with E-state index >= 15 is 0 Å². The molecule has 0 radical (unpaired) electrons. The van der Waals surface area contributed by atoms with Gasteiger partial charge in [0.15, 0.2) is 0 Å². The first-order valence-corrected chi connectivity index (χ1v) is 14.5. The van der Waals surface area contributed by atoms with Crippen molar-refractivity contribution in [1.29, 1.82) is 5.26 Å². The Balaban J connectivity index is 1.15. The molecule has 0 bridgehead atoms. The monoisotopic (exact) mass is 604 g/mol. The van der Waals surface area contributed by atoms with Crippen LogP contribution < -0.4 is 5.84 Å². The lowest BCUT2D eigenvalue weighted by atomic mass is 9.79. The molecule has 4 aromatic carbocycles. The van der Waals surface area contributed by atoms with Gasteiger partial charge in [-0.1, -0.05) is 54.6 Å². The summed E-state index contributed by atoms with van der Waals surface area (Å²) < 4.78 is 12.4. The van der Waals surface area contributed by atoms with Gasteiger partial charge in [0.25, 0.3) is 0 Å². The number of piperidine rings is 1. The fraction of sp³-hybridized carbons (Fsp3) is 0.400. The molecule has 0 saturated carbocycles. The third-order valence-electron chi connectivity index (χ3n) is 8.18. The van der Waals surface area contributed by atoms with Crippen LogP contribution in [0.2, 0.25) is 0 Å². The molecule has 1 amide bonds. The van der Waals surface area contributed by atoms with Crippen LogP contribution in [0.1, 0.15) is 37.7 Å². The molecule has 8 nitrogen and oxygen atoms in total. The molecular weight excluding hydrogens is 571 g/mol. The van der Waals surface area contributed by atoms with Gasteiger partial charge in [-0.2, -0.15) is 9.21 Å².